The van der Waals surface area contributed by atoms with Crippen LogP contribution in [0.2, 0.25) is 0 Å². The van der Waals surface area contributed by atoms with E-state index >= 15 is 0 Å². The molecule has 4 rings (SSSR count). The molecule has 0 aliphatic carbocycles. The Morgan fingerprint density at radius 1 is 1.14 bits per heavy atom. The van der Waals surface area contributed by atoms with Gasteiger partial charge in [-0.15, -0.1) is 0 Å². The molecule has 3 aromatic rings. The number of benzene rings is 2. The van der Waals surface area contributed by atoms with E-state index in [9.17, 15) is 14.0 Å². The molecule has 2 aromatic carbocycles. The van der Waals surface area contributed by atoms with Gasteiger partial charge < -0.3 is 9.47 Å². The number of carbonyl (C=O) groups is 1. The fourth-order valence-electron chi connectivity index (χ4n) is 3.92. The number of aromatic nitrogens is 1. The second kappa shape index (κ2) is 7.66. The summed E-state index contributed by atoms with van der Waals surface area (Å²) in [6.07, 6.45) is 3.14. The van der Waals surface area contributed by atoms with E-state index in [4.69, 9.17) is 0 Å². The molecule has 0 bridgehead atoms. The molecule has 0 N–H and O–H groups in total. The third-order valence-corrected chi connectivity index (χ3v) is 5.62. The highest BCUT2D eigenvalue weighted by atomic mass is 19.1. The number of fused-ring (bicyclic) bond motifs is 1. The molecule has 148 valence electrons. The third kappa shape index (κ3) is 3.73. The first kappa shape index (κ1) is 19.1. The molecule has 5 heteroatoms. The maximum absolute atomic E-state index is 13.6. The predicted molar refractivity (Wildman–Crippen MR) is 112 cm³/mol. The highest BCUT2D eigenvalue weighted by molar-refractivity contribution is 6.07. The number of aryl methyl sites for hydroxylation is 2. The topological polar surface area (TPSA) is 42.3 Å². The zero-order valence-electron chi connectivity index (χ0n) is 16.6. The van der Waals surface area contributed by atoms with E-state index in [0.29, 0.717) is 12.1 Å². The summed E-state index contributed by atoms with van der Waals surface area (Å²) in [5.41, 5.74) is 4.00. The Bertz CT molecular complexity index is 1140. The summed E-state index contributed by atoms with van der Waals surface area (Å²) in [4.78, 5) is 27.5. The Labute approximate surface area is 169 Å². The molecule has 0 saturated carbocycles. The number of pyridine rings is 1. The molecule has 4 nitrogen and oxygen atoms in total. The van der Waals surface area contributed by atoms with E-state index in [1.807, 2.05) is 38.1 Å². The maximum atomic E-state index is 13.6. The summed E-state index contributed by atoms with van der Waals surface area (Å²) in [6, 6.07) is 15.4. The summed E-state index contributed by atoms with van der Waals surface area (Å²) >= 11 is 0. The first-order chi connectivity index (χ1) is 13.9. The maximum Gasteiger partial charge on any atom is 0.260 e. The lowest BCUT2D eigenvalue weighted by Gasteiger charge is -2.35. The van der Waals surface area contributed by atoms with Crippen LogP contribution in [0.5, 0.6) is 0 Å². The van der Waals surface area contributed by atoms with Gasteiger partial charge in [0.1, 0.15) is 5.82 Å². The minimum Gasteiger partial charge on any atom is -0.310 e. The molecule has 0 saturated heterocycles. The standard InChI is InChI=1S/C24H23FN2O2/c1-16-5-3-4-6-19(16)14-26-15-20(9-12-23(26)28)24(29)27-17(2)7-8-18-13-21(25)10-11-22(18)27/h3-6,9-13,15,17H,7-8,14H2,1-2H3/t17-/m0/s1. The minimum atomic E-state index is -0.294. The predicted octanol–water partition coefficient (Wildman–Crippen LogP) is 4.33. The average molecular weight is 390 g/mol. The number of carbonyl (C=O) groups excluding carboxylic acids is 1. The Morgan fingerprint density at radius 2 is 1.93 bits per heavy atom. The minimum absolute atomic E-state index is 0.00259. The van der Waals surface area contributed by atoms with Crippen molar-refractivity contribution in [2.45, 2.75) is 39.3 Å². The van der Waals surface area contributed by atoms with E-state index in [2.05, 4.69) is 0 Å². The van der Waals surface area contributed by atoms with Crippen molar-refractivity contribution in [2.24, 2.45) is 0 Å². The van der Waals surface area contributed by atoms with Crippen LogP contribution in [-0.4, -0.2) is 16.5 Å². The lowest BCUT2D eigenvalue weighted by atomic mass is 9.95. The molecule has 1 aromatic heterocycles. The number of nitrogens with zero attached hydrogens (tertiary/aromatic N) is 2. The molecule has 1 aliphatic heterocycles. The van der Waals surface area contributed by atoms with Gasteiger partial charge in [0.05, 0.1) is 12.1 Å². The summed E-state index contributed by atoms with van der Waals surface area (Å²) < 4.78 is 15.2. The number of halogens is 1. The van der Waals surface area contributed by atoms with E-state index in [1.54, 1.807) is 27.8 Å². The number of anilines is 1. The second-order valence-corrected chi connectivity index (χ2v) is 7.65. The lowest BCUT2D eigenvalue weighted by molar-refractivity contribution is 0.0974. The van der Waals surface area contributed by atoms with Crippen molar-refractivity contribution in [3.63, 3.8) is 0 Å². The van der Waals surface area contributed by atoms with Crippen LogP contribution < -0.4 is 10.5 Å². The lowest BCUT2D eigenvalue weighted by Crippen LogP contribution is -2.42. The van der Waals surface area contributed by atoms with Crippen molar-refractivity contribution in [1.29, 1.82) is 0 Å². The highest BCUT2D eigenvalue weighted by Gasteiger charge is 2.29. The zero-order chi connectivity index (χ0) is 20.5. The van der Waals surface area contributed by atoms with E-state index in [1.165, 1.54) is 18.2 Å². The van der Waals surface area contributed by atoms with Crippen LogP contribution in [0, 0.1) is 12.7 Å². The Morgan fingerprint density at radius 3 is 2.72 bits per heavy atom. The van der Waals surface area contributed by atoms with Gasteiger partial charge >= 0.3 is 0 Å². The van der Waals surface area contributed by atoms with Crippen molar-refractivity contribution in [3.05, 3.63) is 99.2 Å². The SMILES string of the molecule is Cc1ccccc1Cn1cc(C(=O)N2c3ccc(F)cc3CC[C@@H]2C)ccc1=O. The van der Waals surface area contributed by atoms with Crippen molar-refractivity contribution in [1.82, 2.24) is 4.57 Å². The van der Waals surface area contributed by atoms with Crippen LogP contribution >= 0.6 is 0 Å². The smallest absolute Gasteiger partial charge is 0.260 e. The molecule has 1 atom stereocenters. The number of hydrogen-bond acceptors (Lipinski definition) is 2. The summed E-state index contributed by atoms with van der Waals surface area (Å²) in [5.74, 6) is -0.471. The Balaban J connectivity index is 1.70. The van der Waals surface area contributed by atoms with Crippen LogP contribution in [-0.2, 0) is 13.0 Å². The summed E-state index contributed by atoms with van der Waals surface area (Å²) in [6.45, 7) is 4.40. The van der Waals surface area contributed by atoms with Gasteiger partial charge in [-0.2, -0.15) is 0 Å². The van der Waals surface area contributed by atoms with Crippen molar-refractivity contribution in [3.8, 4) is 0 Å². The molecular formula is C24H23FN2O2. The van der Waals surface area contributed by atoms with Gasteiger partial charge in [-0.25, -0.2) is 4.39 Å². The van der Waals surface area contributed by atoms with Gasteiger partial charge in [-0.1, -0.05) is 24.3 Å². The molecule has 1 aliphatic rings. The molecule has 0 fully saturated rings. The van der Waals surface area contributed by atoms with E-state index in [0.717, 1.165) is 35.2 Å². The Kier molecular flexibility index (Phi) is 5.05. The second-order valence-electron chi connectivity index (χ2n) is 7.65. The number of rotatable bonds is 3. The molecule has 0 unspecified atom stereocenters. The Hall–Kier alpha value is -3.21. The molecule has 29 heavy (non-hydrogen) atoms. The van der Waals surface area contributed by atoms with Gasteiger partial charge in [0.25, 0.3) is 11.5 Å². The van der Waals surface area contributed by atoms with Gasteiger partial charge in [-0.05, 0) is 67.6 Å². The summed E-state index contributed by atoms with van der Waals surface area (Å²) in [7, 11) is 0. The fourth-order valence-corrected chi connectivity index (χ4v) is 3.92. The average Bonchev–Trinajstić information content (AvgIpc) is 2.71. The van der Waals surface area contributed by atoms with Crippen LogP contribution in [0.1, 0.15) is 40.4 Å². The quantitative estimate of drug-likeness (QED) is 0.668. The highest BCUT2D eigenvalue weighted by Crippen LogP contribution is 2.32. The zero-order valence-corrected chi connectivity index (χ0v) is 16.6. The number of amides is 1. The van der Waals surface area contributed by atoms with Gasteiger partial charge in [0.15, 0.2) is 0 Å². The first-order valence-corrected chi connectivity index (χ1v) is 9.81. The molecule has 1 amide bonds. The van der Waals surface area contributed by atoms with E-state index in [-0.39, 0.29) is 23.3 Å². The van der Waals surface area contributed by atoms with Gasteiger partial charge in [0.2, 0.25) is 0 Å². The first-order valence-electron chi connectivity index (χ1n) is 9.81. The van der Waals surface area contributed by atoms with E-state index < -0.39 is 0 Å². The van der Waals surface area contributed by atoms with Gasteiger partial charge in [0, 0.05) is 24.0 Å². The normalized spacial score (nSPS) is 15.8. The van der Waals surface area contributed by atoms with Crippen molar-refractivity contribution in [2.75, 3.05) is 4.90 Å². The van der Waals surface area contributed by atoms with Crippen molar-refractivity contribution >= 4 is 11.6 Å². The number of hydrogen-bond donors (Lipinski definition) is 0. The van der Waals surface area contributed by atoms with Crippen molar-refractivity contribution < 1.29 is 9.18 Å². The summed E-state index contributed by atoms with van der Waals surface area (Å²) in [5, 5.41) is 0. The molecule has 2 heterocycles. The van der Waals surface area contributed by atoms with Crippen LogP contribution in [0.25, 0.3) is 0 Å². The van der Waals surface area contributed by atoms with Crippen LogP contribution in [0.3, 0.4) is 0 Å². The van der Waals surface area contributed by atoms with Crippen LogP contribution in [0.15, 0.2) is 65.6 Å². The monoisotopic (exact) mass is 390 g/mol. The van der Waals surface area contributed by atoms with Gasteiger partial charge in [-0.3, -0.25) is 9.59 Å². The molecular weight excluding hydrogens is 367 g/mol. The third-order valence-electron chi connectivity index (χ3n) is 5.62. The largest absolute Gasteiger partial charge is 0.310 e. The molecule has 0 radical (unpaired) electrons. The molecule has 0 spiro atoms. The fraction of sp³-hybridized carbons (Fsp3) is 0.250. The van der Waals surface area contributed by atoms with Crippen LogP contribution in [0.4, 0.5) is 10.1 Å².